The Morgan fingerprint density at radius 1 is 1.26 bits per heavy atom. The lowest BCUT2D eigenvalue weighted by Gasteiger charge is -2.17. The van der Waals surface area contributed by atoms with Gasteiger partial charge in [0.15, 0.2) is 0 Å². The van der Waals surface area contributed by atoms with Gasteiger partial charge in [-0.2, -0.15) is 0 Å². The van der Waals surface area contributed by atoms with Crippen molar-refractivity contribution in [2.24, 2.45) is 11.8 Å². The van der Waals surface area contributed by atoms with Gasteiger partial charge >= 0.3 is 0 Å². The van der Waals surface area contributed by atoms with E-state index in [2.05, 4.69) is 4.72 Å². The van der Waals surface area contributed by atoms with Crippen LogP contribution in [0.2, 0.25) is 5.02 Å². The second-order valence-electron chi connectivity index (χ2n) is 4.91. The standard InChI is InChI=1S/C13H17Cl2NO2S/c14-8-10-3-1-4-11(10)9-16-19(17,18)13-6-2-5-12(15)7-13/h2,5-7,10-11,16H,1,3-4,8-9H2. The van der Waals surface area contributed by atoms with Gasteiger partial charge in [-0.15, -0.1) is 11.6 Å². The smallest absolute Gasteiger partial charge is 0.211 e. The highest BCUT2D eigenvalue weighted by Gasteiger charge is 2.27. The third kappa shape index (κ3) is 3.85. The maximum atomic E-state index is 12.1. The lowest BCUT2D eigenvalue weighted by molar-refractivity contribution is 0.418. The van der Waals surface area contributed by atoms with E-state index in [1.54, 1.807) is 18.2 Å². The summed E-state index contributed by atoms with van der Waals surface area (Å²) >= 11 is 11.7. The Kier molecular flexibility index (Phi) is 5.12. The third-order valence-corrected chi connectivity index (χ3v) is 5.71. The van der Waals surface area contributed by atoms with E-state index in [9.17, 15) is 8.42 Å². The lowest BCUT2D eigenvalue weighted by Crippen LogP contribution is -2.31. The quantitative estimate of drug-likeness (QED) is 0.846. The fourth-order valence-corrected chi connectivity index (χ4v) is 4.32. The Balaban J connectivity index is 2.02. The van der Waals surface area contributed by atoms with Crippen LogP contribution in [-0.2, 0) is 10.0 Å². The molecule has 1 aromatic rings. The molecule has 3 nitrogen and oxygen atoms in total. The maximum Gasteiger partial charge on any atom is 0.240 e. The average molecular weight is 322 g/mol. The Hall–Kier alpha value is -0.290. The van der Waals surface area contributed by atoms with Crippen LogP contribution < -0.4 is 4.72 Å². The number of halogens is 2. The molecule has 0 saturated heterocycles. The van der Waals surface area contributed by atoms with Crippen molar-refractivity contribution in [3.05, 3.63) is 29.3 Å². The molecule has 1 N–H and O–H groups in total. The van der Waals surface area contributed by atoms with E-state index in [1.165, 1.54) is 6.07 Å². The zero-order valence-electron chi connectivity index (χ0n) is 10.5. The number of sulfonamides is 1. The van der Waals surface area contributed by atoms with E-state index in [-0.39, 0.29) is 4.90 Å². The van der Waals surface area contributed by atoms with E-state index in [4.69, 9.17) is 23.2 Å². The van der Waals surface area contributed by atoms with Gasteiger partial charge in [-0.1, -0.05) is 24.1 Å². The molecule has 19 heavy (non-hydrogen) atoms. The van der Waals surface area contributed by atoms with Crippen molar-refractivity contribution in [3.8, 4) is 0 Å². The Labute approximate surface area is 124 Å². The predicted molar refractivity (Wildman–Crippen MR) is 78.2 cm³/mol. The van der Waals surface area contributed by atoms with E-state index in [0.717, 1.165) is 19.3 Å². The first-order chi connectivity index (χ1) is 9.03. The van der Waals surface area contributed by atoms with Crippen molar-refractivity contribution in [3.63, 3.8) is 0 Å². The highest BCUT2D eigenvalue weighted by Crippen LogP contribution is 2.32. The molecular formula is C13H17Cl2NO2S. The third-order valence-electron chi connectivity index (χ3n) is 3.66. The fourth-order valence-electron chi connectivity index (χ4n) is 2.52. The molecule has 0 spiro atoms. The SMILES string of the molecule is O=S(=O)(NCC1CCCC1CCl)c1cccc(Cl)c1. The average Bonchev–Trinajstić information content (AvgIpc) is 2.84. The van der Waals surface area contributed by atoms with Gasteiger partial charge in [0.25, 0.3) is 0 Å². The molecule has 2 atom stereocenters. The lowest BCUT2D eigenvalue weighted by atomic mass is 9.98. The van der Waals surface area contributed by atoms with Crippen LogP contribution in [0.5, 0.6) is 0 Å². The molecule has 1 aliphatic rings. The van der Waals surface area contributed by atoms with Crippen molar-refractivity contribution >= 4 is 33.2 Å². The largest absolute Gasteiger partial charge is 0.240 e. The molecule has 0 radical (unpaired) electrons. The summed E-state index contributed by atoms with van der Waals surface area (Å²) in [5.74, 6) is 1.36. The number of rotatable bonds is 5. The van der Waals surface area contributed by atoms with Crippen LogP contribution in [0.15, 0.2) is 29.2 Å². The molecule has 0 amide bonds. The van der Waals surface area contributed by atoms with Gasteiger partial charge < -0.3 is 0 Å². The molecule has 1 aromatic carbocycles. The van der Waals surface area contributed by atoms with Crippen molar-refractivity contribution in [1.82, 2.24) is 4.72 Å². The Bertz CT molecular complexity index is 533. The van der Waals surface area contributed by atoms with Gasteiger partial charge in [0.1, 0.15) is 0 Å². The molecule has 0 aliphatic heterocycles. The monoisotopic (exact) mass is 321 g/mol. The number of hydrogen-bond donors (Lipinski definition) is 1. The highest BCUT2D eigenvalue weighted by molar-refractivity contribution is 7.89. The number of nitrogens with one attached hydrogen (secondary N) is 1. The molecular weight excluding hydrogens is 305 g/mol. The zero-order chi connectivity index (χ0) is 13.9. The van der Waals surface area contributed by atoms with Crippen molar-refractivity contribution in [2.75, 3.05) is 12.4 Å². The van der Waals surface area contributed by atoms with Crippen molar-refractivity contribution in [2.45, 2.75) is 24.2 Å². The second kappa shape index (κ2) is 6.44. The van der Waals surface area contributed by atoms with E-state index in [1.807, 2.05) is 0 Å². The van der Waals surface area contributed by atoms with Gasteiger partial charge in [-0.25, -0.2) is 13.1 Å². The molecule has 0 heterocycles. The summed E-state index contributed by atoms with van der Waals surface area (Å²) in [6, 6.07) is 6.29. The molecule has 6 heteroatoms. The van der Waals surface area contributed by atoms with Crippen LogP contribution in [0, 0.1) is 11.8 Å². The molecule has 2 rings (SSSR count). The van der Waals surface area contributed by atoms with Crippen LogP contribution in [0.1, 0.15) is 19.3 Å². The van der Waals surface area contributed by atoms with Crippen molar-refractivity contribution < 1.29 is 8.42 Å². The van der Waals surface area contributed by atoms with Crippen LogP contribution in [-0.4, -0.2) is 20.8 Å². The van der Waals surface area contributed by atoms with Gasteiger partial charge in [-0.05, 0) is 42.9 Å². The minimum absolute atomic E-state index is 0.209. The maximum absolute atomic E-state index is 12.1. The molecule has 1 fully saturated rings. The first-order valence-electron chi connectivity index (χ1n) is 6.34. The Morgan fingerprint density at radius 2 is 2.00 bits per heavy atom. The van der Waals surface area contributed by atoms with Gasteiger partial charge in [-0.3, -0.25) is 0 Å². The van der Waals surface area contributed by atoms with Crippen LogP contribution in [0.4, 0.5) is 0 Å². The second-order valence-corrected chi connectivity index (χ2v) is 7.43. The van der Waals surface area contributed by atoms with Crippen LogP contribution in [0.25, 0.3) is 0 Å². The number of hydrogen-bond acceptors (Lipinski definition) is 2. The minimum atomic E-state index is -3.48. The summed E-state index contributed by atoms with van der Waals surface area (Å²) in [6.45, 7) is 0.451. The molecule has 106 valence electrons. The summed E-state index contributed by atoms with van der Waals surface area (Å²) < 4.78 is 26.9. The van der Waals surface area contributed by atoms with E-state index in [0.29, 0.717) is 29.3 Å². The summed E-state index contributed by atoms with van der Waals surface area (Å²) in [7, 11) is -3.48. The zero-order valence-corrected chi connectivity index (χ0v) is 12.8. The topological polar surface area (TPSA) is 46.2 Å². The molecule has 1 saturated carbocycles. The molecule has 0 bridgehead atoms. The summed E-state index contributed by atoms with van der Waals surface area (Å²) in [6.07, 6.45) is 3.25. The normalized spacial score (nSPS) is 23.7. The first-order valence-corrected chi connectivity index (χ1v) is 8.73. The summed E-state index contributed by atoms with van der Waals surface area (Å²) in [4.78, 5) is 0.209. The van der Waals surface area contributed by atoms with Crippen molar-refractivity contribution in [1.29, 1.82) is 0 Å². The minimum Gasteiger partial charge on any atom is -0.211 e. The number of alkyl halides is 1. The molecule has 0 aromatic heterocycles. The molecule has 1 aliphatic carbocycles. The van der Waals surface area contributed by atoms with Crippen LogP contribution >= 0.6 is 23.2 Å². The Morgan fingerprint density at radius 3 is 2.68 bits per heavy atom. The van der Waals surface area contributed by atoms with E-state index < -0.39 is 10.0 Å². The first kappa shape index (κ1) is 15.1. The van der Waals surface area contributed by atoms with Gasteiger partial charge in [0.05, 0.1) is 4.90 Å². The number of benzene rings is 1. The fraction of sp³-hybridized carbons (Fsp3) is 0.538. The van der Waals surface area contributed by atoms with Crippen LogP contribution in [0.3, 0.4) is 0 Å². The van der Waals surface area contributed by atoms with E-state index >= 15 is 0 Å². The summed E-state index contributed by atoms with van der Waals surface area (Å²) in [5.41, 5.74) is 0. The van der Waals surface area contributed by atoms with Gasteiger partial charge in [0, 0.05) is 17.4 Å². The summed E-state index contributed by atoms with van der Waals surface area (Å²) in [5, 5.41) is 0.419. The predicted octanol–water partition coefficient (Wildman–Crippen LogP) is 3.27. The van der Waals surface area contributed by atoms with Gasteiger partial charge in [0.2, 0.25) is 10.0 Å². The molecule has 2 unspecified atom stereocenters. The highest BCUT2D eigenvalue weighted by atomic mass is 35.5.